The van der Waals surface area contributed by atoms with Crippen LogP contribution in [-0.4, -0.2) is 54.6 Å². The van der Waals surface area contributed by atoms with Crippen molar-refractivity contribution in [3.63, 3.8) is 0 Å². The van der Waals surface area contributed by atoms with E-state index in [4.69, 9.17) is 11.0 Å². The van der Waals surface area contributed by atoms with Crippen molar-refractivity contribution in [1.29, 1.82) is 5.26 Å². The molecule has 1 heterocycles. The number of nitrogens with zero attached hydrogens (tertiary/aromatic N) is 3. The van der Waals surface area contributed by atoms with Gasteiger partial charge < -0.3 is 10.6 Å². The second-order valence-corrected chi connectivity index (χ2v) is 4.30. The molecule has 1 saturated heterocycles. The van der Waals surface area contributed by atoms with Crippen LogP contribution in [0.25, 0.3) is 0 Å². The Balaban J connectivity index is 2.26. The zero-order valence-electron chi connectivity index (χ0n) is 9.82. The average molecular weight is 210 g/mol. The Kier molecular flexibility index (Phi) is 5.03. The van der Waals surface area contributed by atoms with Gasteiger partial charge in [-0.15, -0.1) is 0 Å². The molecular weight excluding hydrogens is 188 g/mol. The predicted octanol–water partition coefficient (Wildman–Crippen LogP) is 0.253. The second-order valence-electron chi connectivity index (χ2n) is 4.30. The molecule has 0 bridgehead atoms. The van der Waals surface area contributed by atoms with Crippen molar-refractivity contribution in [2.45, 2.75) is 32.4 Å². The molecule has 0 spiro atoms. The average Bonchev–Trinajstić information content (AvgIpc) is 2.26. The number of hydrogen-bond donors (Lipinski definition) is 1. The van der Waals surface area contributed by atoms with E-state index in [0.29, 0.717) is 6.04 Å². The fourth-order valence-electron chi connectivity index (χ4n) is 2.13. The van der Waals surface area contributed by atoms with E-state index in [0.717, 1.165) is 39.1 Å². The quantitative estimate of drug-likeness (QED) is 0.723. The van der Waals surface area contributed by atoms with E-state index in [1.807, 2.05) is 0 Å². The summed E-state index contributed by atoms with van der Waals surface area (Å²) in [5.74, 6) is 0. The third kappa shape index (κ3) is 3.78. The normalized spacial score (nSPS) is 26.1. The van der Waals surface area contributed by atoms with Gasteiger partial charge in [-0.05, 0) is 19.9 Å². The summed E-state index contributed by atoms with van der Waals surface area (Å²) in [6, 6.07) is 2.40. The first-order valence-electron chi connectivity index (χ1n) is 5.79. The molecule has 2 N–H and O–H groups in total. The Bertz CT molecular complexity index is 223. The van der Waals surface area contributed by atoms with Gasteiger partial charge in [0.15, 0.2) is 0 Å². The van der Waals surface area contributed by atoms with E-state index < -0.39 is 0 Å². The SMILES string of the molecule is CCN1CCN(CCC(N)C#N)CC1C. The highest BCUT2D eigenvalue weighted by Crippen LogP contribution is 2.09. The Labute approximate surface area is 92.6 Å². The molecule has 1 aliphatic heterocycles. The highest BCUT2D eigenvalue weighted by atomic mass is 15.3. The van der Waals surface area contributed by atoms with E-state index in [1.54, 1.807) is 0 Å². The molecule has 0 radical (unpaired) electrons. The molecule has 0 aromatic rings. The van der Waals surface area contributed by atoms with Crippen molar-refractivity contribution < 1.29 is 0 Å². The van der Waals surface area contributed by atoms with Crippen LogP contribution in [0.1, 0.15) is 20.3 Å². The summed E-state index contributed by atoms with van der Waals surface area (Å²) in [5.41, 5.74) is 5.58. The molecule has 0 amide bonds. The molecule has 4 heteroatoms. The number of piperazine rings is 1. The molecule has 2 atom stereocenters. The lowest BCUT2D eigenvalue weighted by molar-refractivity contribution is 0.0869. The fourth-order valence-corrected chi connectivity index (χ4v) is 2.13. The van der Waals surface area contributed by atoms with E-state index in [9.17, 15) is 0 Å². The van der Waals surface area contributed by atoms with Crippen LogP contribution in [0.4, 0.5) is 0 Å². The second kappa shape index (κ2) is 6.06. The summed E-state index contributed by atoms with van der Waals surface area (Å²) in [6.45, 7) is 9.91. The van der Waals surface area contributed by atoms with Crippen LogP contribution in [-0.2, 0) is 0 Å². The van der Waals surface area contributed by atoms with Crippen LogP contribution in [0.5, 0.6) is 0 Å². The summed E-state index contributed by atoms with van der Waals surface area (Å²) in [7, 11) is 0. The van der Waals surface area contributed by atoms with Crippen molar-refractivity contribution in [3.05, 3.63) is 0 Å². The number of likely N-dealkylation sites (N-methyl/N-ethyl adjacent to an activating group) is 1. The van der Waals surface area contributed by atoms with Gasteiger partial charge in [0.05, 0.1) is 12.1 Å². The summed E-state index contributed by atoms with van der Waals surface area (Å²) >= 11 is 0. The maximum absolute atomic E-state index is 8.59. The van der Waals surface area contributed by atoms with Crippen molar-refractivity contribution in [2.75, 3.05) is 32.7 Å². The van der Waals surface area contributed by atoms with E-state index in [1.165, 1.54) is 0 Å². The van der Waals surface area contributed by atoms with Gasteiger partial charge in [-0.25, -0.2) is 0 Å². The van der Waals surface area contributed by atoms with Gasteiger partial charge in [0.2, 0.25) is 0 Å². The van der Waals surface area contributed by atoms with Crippen molar-refractivity contribution in [3.8, 4) is 6.07 Å². The van der Waals surface area contributed by atoms with Crippen LogP contribution in [0.15, 0.2) is 0 Å². The number of nitriles is 1. The van der Waals surface area contributed by atoms with Crippen LogP contribution < -0.4 is 5.73 Å². The third-order valence-electron chi connectivity index (χ3n) is 3.18. The Morgan fingerprint density at radius 2 is 2.27 bits per heavy atom. The topological polar surface area (TPSA) is 56.3 Å². The summed E-state index contributed by atoms with van der Waals surface area (Å²) in [5, 5.41) is 8.59. The van der Waals surface area contributed by atoms with Crippen LogP contribution >= 0.6 is 0 Å². The first-order chi connectivity index (χ1) is 7.17. The van der Waals surface area contributed by atoms with Crippen LogP contribution in [0, 0.1) is 11.3 Å². The molecule has 1 fully saturated rings. The Morgan fingerprint density at radius 1 is 1.53 bits per heavy atom. The van der Waals surface area contributed by atoms with E-state index in [-0.39, 0.29) is 6.04 Å². The predicted molar refractivity (Wildman–Crippen MR) is 61.4 cm³/mol. The smallest absolute Gasteiger partial charge is 0.0940 e. The molecule has 0 aromatic heterocycles. The molecule has 0 aromatic carbocycles. The third-order valence-corrected chi connectivity index (χ3v) is 3.18. The van der Waals surface area contributed by atoms with E-state index in [2.05, 4.69) is 29.7 Å². The van der Waals surface area contributed by atoms with Gasteiger partial charge in [-0.2, -0.15) is 5.26 Å². The van der Waals surface area contributed by atoms with Crippen molar-refractivity contribution >= 4 is 0 Å². The zero-order chi connectivity index (χ0) is 11.3. The minimum Gasteiger partial charge on any atom is -0.316 e. The molecule has 1 rings (SSSR count). The first-order valence-corrected chi connectivity index (χ1v) is 5.79. The molecule has 1 aliphatic rings. The molecule has 0 aliphatic carbocycles. The van der Waals surface area contributed by atoms with Gasteiger partial charge >= 0.3 is 0 Å². The minimum atomic E-state index is -0.301. The highest BCUT2D eigenvalue weighted by Gasteiger charge is 2.22. The molecule has 0 saturated carbocycles. The largest absolute Gasteiger partial charge is 0.316 e. The maximum Gasteiger partial charge on any atom is 0.0940 e. The minimum absolute atomic E-state index is 0.301. The first kappa shape index (κ1) is 12.4. The lowest BCUT2D eigenvalue weighted by atomic mass is 10.1. The summed E-state index contributed by atoms with van der Waals surface area (Å²) in [6.07, 6.45) is 0.787. The molecule has 15 heavy (non-hydrogen) atoms. The molecular formula is C11H22N4. The molecule has 86 valence electrons. The number of hydrogen-bond acceptors (Lipinski definition) is 4. The standard InChI is InChI=1S/C11H22N4/c1-3-15-7-6-14(9-10(15)2)5-4-11(13)8-12/h10-11H,3-7,9,13H2,1-2H3. The Hall–Kier alpha value is -0.630. The van der Waals surface area contributed by atoms with E-state index >= 15 is 0 Å². The zero-order valence-corrected chi connectivity index (χ0v) is 9.82. The number of nitrogens with two attached hydrogens (primary N) is 1. The lowest BCUT2D eigenvalue weighted by Gasteiger charge is -2.39. The highest BCUT2D eigenvalue weighted by molar-refractivity contribution is 4.88. The van der Waals surface area contributed by atoms with Gasteiger partial charge in [-0.1, -0.05) is 6.92 Å². The summed E-state index contributed by atoms with van der Waals surface area (Å²) in [4.78, 5) is 4.90. The fraction of sp³-hybridized carbons (Fsp3) is 0.909. The monoisotopic (exact) mass is 210 g/mol. The van der Waals surface area contributed by atoms with Crippen LogP contribution in [0.3, 0.4) is 0 Å². The van der Waals surface area contributed by atoms with Crippen LogP contribution in [0.2, 0.25) is 0 Å². The van der Waals surface area contributed by atoms with Gasteiger partial charge in [0.1, 0.15) is 0 Å². The van der Waals surface area contributed by atoms with Crippen molar-refractivity contribution in [1.82, 2.24) is 9.80 Å². The number of rotatable bonds is 4. The van der Waals surface area contributed by atoms with Gasteiger partial charge in [0.25, 0.3) is 0 Å². The Morgan fingerprint density at radius 3 is 2.80 bits per heavy atom. The molecule has 2 unspecified atom stereocenters. The van der Waals surface area contributed by atoms with Gasteiger partial charge in [0, 0.05) is 32.2 Å². The lowest BCUT2D eigenvalue weighted by Crippen LogP contribution is -2.52. The van der Waals surface area contributed by atoms with Gasteiger partial charge in [-0.3, -0.25) is 4.90 Å². The van der Waals surface area contributed by atoms with Crippen molar-refractivity contribution in [2.24, 2.45) is 5.73 Å². The summed E-state index contributed by atoms with van der Waals surface area (Å²) < 4.78 is 0. The molecule has 4 nitrogen and oxygen atoms in total. The maximum atomic E-state index is 8.59.